The van der Waals surface area contributed by atoms with Crippen LogP contribution in [0.5, 0.6) is 5.75 Å². The predicted molar refractivity (Wildman–Crippen MR) is 79.7 cm³/mol. The Hall–Kier alpha value is -2.49. The van der Waals surface area contributed by atoms with Gasteiger partial charge < -0.3 is 15.8 Å². The molecule has 0 aliphatic carbocycles. The Labute approximate surface area is 118 Å². The molecule has 0 saturated carbocycles. The molecular weight excluding hydrogens is 252 g/mol. The van der Waals surface area contributed by atoms with Crippen molar-refractivity contribution < 1.29 is 9.53 Å². The fourth-order valence-corrected chi connectivity index (χ4v) is 2.04. The number of benzene rings is 2. The molecule has 1 unspecified atom stereocenters. The normalized spacial score (nSPS) is 11.7. The smallest absolute Gasteiger partial charge is 0.244 e. The molecule has 1 amide bonds. The van der Waals surface area contributed by atoms with Crippen molar-refractivity contribution in [2.75, 3.05) is 12.4 Å². The monoisotopic (exact) mass is 270 g/mol. The van der Waals surface area contributed by atoms with Gasteiger partial charge >= 0.3 is 0 Å². The summed E-state index contributed by atoms with van der Waals surface area (Å²) in [5, 5.41) is 3.16. The van der Waals surface area contributed by atoms with E-state index in [1.54, 1.807) is 13.2 Å². The lowest BCUT2D eigenvalue weighted by molar-refractivity contribution is -0.118. The fraction of sp³-hybridized carbons (Fsp3) is 0.188. The zero-order valence-electron chi connectivity index (χ0n) is 11.6. The number of methoxy groups -OCH3 is 1. The molecule has 2 aromatic carbocycles. The first-order valence-electron chi connectivity index (χ1n) is 6.36. The average molecular weight is 270 g/mol. The molecule has 2 aromatic rings. The largest absolute Gasteiger partial charge is 0.497 e. The summed E-state index contributed by atoms with van der Waals surface area (Å²) in [6.07, 6.45) is 0. The van der Waals surface area contributed by atoms with Gasteiger partial charge in [0, 0.05) is 5.69 Å². The number of primary amides is 1. The maximum absolute atomic E-state index is 11.7. The summed E-state index contributed by atoms with van der Waals surface area (Å²) in [5.41, 5.74) is 8.25. The molecule has 1 atom stereocenters. The second-order valence-electron chi connectivity index (χ2n) is 4.63. The van der Waals surface area contributed by atoms with Crippen LogP contribution in [0.4, 0.5) is 5.69 Å². The fourth-order valence-electron chi connectivity index (χ4n) is 2.04. The van der Waals surface area contributed by atoms with Crippen LogP contribution in [0.15, 0.2) is 48.5 Å². The van der Waals surface area contributed by atoms with Crippen LogP contribution >= 0.6 is 0 Å². The Morgan fingerprint density at radius 1 is 1.20 bits per heavy atom. The van der Waals surface area contributed by atoms with Crippen molar-refractivity contribution in [3.63, 3.8) is 0 Å². The molecule has 4 nitrogen and oxygen atoms in total. The minimum absolute atomic E-state index is 0.431. The summed E-state index contributed by atoms with van der Waals surface area (Å²) >= 11 is 0. The molecular formula is C16H18N2O2. The number of carbonyl (C=O) groups excluding carboxylic acids is 1. The van der Waals surface area contributed by atoms with Crippen molar-refractivity contribution in [3.05, 3.63) is 59.7 Å². The molecule has 104 valence electrons. The van der Waals surface area contributed by atoms with E-state index >= 15 is 0 Å². The number of rotatable bonds is 5. The van der Waals surface area contributed by atoms with Crippen LogP contribution in [0.3, 0.4) is 0 Å². The number of hydrogen-bond donors (Lipinski definition) is 2. The number of aryl methyl sites for hydroxylation is 1. The summed E-state index contributed by atoms with van der Waals surface area (Å²) in [7, 11) is 1.59. The number of amides is 1. The summed E-state index contributed by atoms with van der Waals surface area (Å²) < 4.78 is 5.17. The lowest BCUT2D eigenvalue weighted by Gasteiger charge is -2.18. The lowest BCUT2D eigenvalue weighted by Crippen LogP contribution is -2.27. The van der Waals surface area contributed by atoms with Gasteiger partial charge in [-0.2, -0.15) is 0 Å². The topological polar surface area (TPSA) is 64.3 Å². The molecule has 0 fully saturated rings. The first kappa shape index (κ1) is 13.9. The minimum atomic E-state index is -0.591. The van der Waals surface area contributed by atoms with Gasteiger partial charge in [-0.1, -0.05) is 24.3 Å². The van der Waals surface area contributed by atoms with Crippen LogP contribution in [0.1, 0.15) is 17.2 Å². The van der Waals surface area contributed by atoms with Crippen molar-refractivity contribution in [2.45, 2.75) is 13.0 Å². The second kappa shape index (κ2) is 6.10. The Morgan fingerprint density at radius 2 is 1.95 bits per heavy atom. The predicted octanol–water partition coefficient (Wildman–Crippen LogP) is 2.64. The molecule has 0 bridgehead atoms. The van der Waals surface area contributed by atoms with Gasteiger partial charge in [0.05, 0.1) is 7.11 Å². The number of nitrogens with one attached hydrogen (secondary N) is 1. The van der Waals surface area contributed by atoms with Crippen LogP contribution in [-0.4, -0.2) is 13.0 Å². The van der Waals surface area contributed by atoms with Gasteiger partial charge in [-0.25, -0.2) is 0 Å². The van der Waals surface area contributed by atoms with E-state index in [4.69, 9.17) is 10.5 Å². The van der Waals surface area contributed by atoms with E-state index in [0.717, 1.165) is 16.8 Å². The third kappa shape index (κ3) is 3.29. The standard InChI is InChI=1S/C16H18N2O2/c1-11-5-3-7-13(9-11)18-15(16(17)19)12-6-4-8-14(10-12)20-2/h3-10,15,18H,1-2H3,(H2,17,19). The third-order valence-electron chi connectivity index (χ3n) is 3.04. The lowest BCUT2D eigenvalue weighted by atomic mass is 10.1. The van der Waals surface area contributed by atoms with Crippen LogP contribution in [0.2, 0.25) is 0 Å². The van der Waals surface area contributed by atoms with Gasteiger partial charge in [0.1, 0.15) is 11.8 Å². The highest BCUT2D eigenvalue weighted by Gasteiger charge is 2.18. The van der Waals surface area contributed by atoms with E-state index in [1.165, 1.54) is 0 Å². The molecule has 0 spiro atoms. The zero-order valence-corrected chi connectivity index (χ0v) is 11.6. The zero-order chi connectivity index (χ0) is 14.5. The van der Waals surface area contributed by atoms with E-state index in [-0.39, 0.29) is 0 Å². The van der Waals surface area contributed by atoms with Gasteiger partial charge in [-0.05, 0) is 42.3 Å². The van der Waals surface area contributed by atoms with Gasteiger partial charge in [0.15, 0.2) is 0 Å². The Bertz CT molecular complexity index is 611. The molecule has 3 N–H and O–H groups in total. The van der Waals surface area contributed by atoms with Crippen LogP contribution in [0, 0.1) is 6.92 Å². The van der Waals surface area contributed by atoms with Crippen molar-refractivity contribution in [1.29, 1.82) is 0 Å². The number of nitrogens with two attached hydrogens (primary N) is 1. The van der Waals surface area contributed by atoms with E-state index in [0.29, 0.717) is 5.75 Å². The molecule has 0 heterocycles. The summed E-state index contributed by atoms with van der Waals surface area (Å²) in [6, 6.07) is 14.5. The van der Waals surface area contributed by atoms with Crippen LogP contribution in [-0.2, 0) is 4.79 Å². The van der Waals surface area contributed by atoms with Crippen molar-refractivity contribution in [3.8, 4) is 5.75 Å². The van der Waals surface area contributed by atoms with E-state index in [1.807, 2.05) is 49.4 Å². The number of anilines is 1. The first-order chi connectivity index (χ1) is 9.60. The molecule has 20 heavy (non-hydrogen) atoms. The van der Waals surface area contributed by atoms with Crippen LogP contribution in [0.25, 0.3) is 0 Å². The summed E-state index contributed by atoms with van der Waals surface area (Å²) in [4.78, 5) is 11.7. The molecule has 0 radical (unpaired) electrons. The molecule has 0 saturated heterocycles. The minimum Gasteiger partial charge on any atom is -0.497 e. The molecule has 4 heteroatoms. The SMILES string of the molecule is COc1cccc(C(Nc2cccc(C)c2)C(N)=O)c1. The van der Waals surface area contributed by atoms with Gasteiger partial charge in [-0.15, -0.1) is 0 Å². The number of ether oxygens (including phenoxy) is 1. The van der Waals surface area contributed by atoms with Crippen LogP contribution < -0.4 is 15.8 Å². The van der Waals surface area contributed by atoms with E-state index < -0.39 is 11.9 Å². The second-order valence-corrected chi connectivity index (χ2v) is 4.63. The van der Waals surface area contributed by atoms with E-state index in [2.05, 4.69) is 5.32 Å². The average Bonchev–Trinajstić information content (AvgIpc) is 2.44. The Kier molecular flexibility index (Phi) is 4.25. The van der Waals surface area contributed by atoms with E-state index in [9.17, 15) is 4.79 Å². The Balaban J connectivity index is 2.29. The maximum Gasteiger partial charge on any atom is 0.244 e. The third-order valence-corrected chi connectivity index (χ3v) is 3.04. The summed E-state index contributed by atoms with van der Waals surface area (Å²) in [5.74, 6) is 0.263. The molecule has 2 rings (SSSR count). The molecule has 0 aliphatic heterocycles. The van der Waals surface area contributed by atoms with Gasteiger partial charge in [0.2, 0.25) is 5.91 Å². The van der Waals surface area contributed by atoms with Crippen molar-refractivity contribution in [1.82, 2.24) is 0 Å². The summed E-state index contributed by atoms with van der Waals surface area (Å²) in [6.45, 7) is 2.00. The Morgan fingerprint density at radius 3 is 2.60 bits per heavy atom. The van der Waals surface area contributed by atoms with Gasteiger partial charge in [-0.3, -0.25) is 4.79 Å². The van der Waals surface area contributed by atoms with Crippen molar-refractivity contribution in [2.24, 2.45) is 5.73 Å². The highest BCUT2D eigenvalue weighted by atomic mass is 16.5. The maximum atomic E-state index is 11.7. The molecule has 0 aliphatic rings. The highest BCUT2D eigenvalue weighted by molar-refractivity contribution is 5.84. The number of hydrogen-bond acceptors (Lipinski definition) is 3. The number of carbonyl (C=O) groups is 1. The van der Waals surface area contributed by atoms with Crippen molar-refractivity contribution >= 4 is 11.6 Å². The molecule has 0 aromatic heterocycles. The quantitative estimate of drug-likeness (QED) is 0.877. The highest BCUT2D eigenvalue weighted by Crippen LogP contribution is 2.23. The first-order valence-corrected chi connectivity index (χ1v) is 6.36. The van der Waals surface area contributed by atoms with Gasteiger partial charge in [0.25, 0.3) is 0 Å².